The fourth-order valence-electron chi connectivity index (χ4n) is 3.07. The molecule has 0 unspecified atom stereocenters. The first-order chi connectivity index (χ1) is 10.2. The largest absolute Gasteiger partial charge is 0.303 e. The van der Waals surface area contributed by atoms with Gasteiger partial charge in [0, 0.05) is 23.7 Å². The molecule has 0 aliphatic heterocycles. The van der Waals surface area contributed by atoms with Crippen LogP contribution in [0.3, 0.4) is 0 Å². The summed E-state index contributed by atoms with van der Waals surface area (Å²) in [5, 5.41) is 7.94. The molecule has 21 heavy (non-hydrogen) atoms. The van der Waals surface area contributed by atoms with Crippen molar-refractivity contribution in [3.63, 3.8) is 0 Å². The molecule has 1 aromatic carbocycles. The third-order valence-corrected chi connectivity index (χ3v) is 4.46. The van der Waals surface area contributed by atoms with Crippen LogP contribution in [0, 0.1) is 10.6 Å². The van der Waals surface area contributed by atoms with E-state index >= 15 is 0 Å². The van der Waals surface area contributed by atoms with E-state index in [0.29, 0.717) is 10.3 Å². The van der Waals surface area contributed by atoms with Crippen LogP contribution >= 0.6 is 12.2 Å². The number of rotatable bonds is 1. The van der Waals surface area contributed by atoms with E-state index in [1.54, 1.807) is 6.07 Å². The Morgan fingerprint density at radius 3 is 2.95 bits per heavy atom. The van der Waals surface area contributed by atoms with Gasteiger partial charge in [-0.2, -0.15) is 5.10 Å². The van der Waals surface area contributed by atoms with E-state index in [4.69, 9.17) is 12.2 Å². The van der Waals surface area contributed by atoms with Crippen molar-refractivity contribution in [2.24, 2.45) is 7.05 Å². The minimum absolute atomic E-state index is 0.291. The first-order valence-electron chi connectivity index (χ1n) is 6.88. The molecule has 0 saturated heterocycles. The Morgan fingerprint density at radius 2 is 2.19 bits per heavy atom. The number of benzene rings is 1. The zero-order valence-electron chi connectivity index (χ0n) is 11.5. The Balaban J connectivity index is 2.19. The number of nitrogens with zero attached hydrogens (tertiary/aromatic N) is 3. The highest BCUT2D eigenvalue weighted by molar-refractivity contribution is 7.71. The fourth-order valence-corrected chi connectivity index (χ4v) is 3.21. The van der Waals surface area contributed by atoms with E-state index in [0.717, 1.165) is 41.7 Å². The summed E-state index contributed by atoms with van der Waals surface area (Å²) in [7, 11) is 1.87. The molecule has 0 fully saturated rings. The quantitative estimate of drug-likeness (QED) is 0.701. The average molecular weight is 300 g/mol. The Morgan fingerprint density at radius 1 is 1.33 bits per heavy atom. The molecule has 0 radical (unpaired) electrons. The molecule has 1 aliphatic rings. The van der Waals surface area contributed by atoms with Gasteiger partial charge in [-0.1, -0.05) is 12.1 Å². The standard InChI is InChI=1S/C15H13FN4S/c1-20-14(18-19-15(20)21)12-8-4-3-7-11(8)17-13-9(12)5-2-6-10(13)16/h2,5-6H,3-4,7H2,1H3,(H,19,21). The average Bonchev–Trinajstić information content (AvgIpc) is 3.06. The Kier molecular flexibility index (Phi) is 2.68. The van der Waals surface area contributed by atoms with E-state index in [1.807, 2.05) is 17.7 Å². The number of para-hydroxylation sites is 1. The molecule has 0 bridgehead atoms. The lowest BCUT2D eigenvalue weighted by molar-refractivity contribution is 0.636. The van der Waals surface area contributed by atoms with Gasteiger partial charge in [-0.25, -0.2) is 9.37 Å². The van der Waals surface area contributed by atoms with Crippen LogP contribution in [-0.2, 0) is 19.9 Å². The molecule has 1 aliphatic carbocycles. The molecular weight excluding hydrogens is 287 g/mol. The highest BCUT2D eigenvalue weighted by atomic mass is 32.1. The summed E-state index contributed by atoms with van der Waals surface area (Å²) in [5.74, 6) is 0.455. The number of aryl methyl sites for hydroxylation is 1. The molecule has 106 valence electrons. The van der Waals surface area contributed by atoms with Crippen molar-refractivity contribution in [1.82, 2.24) is 19.7 Å². The number of aromatic nitrogens is 4. The van der Waals surface area contributed by atoms with Crippen LogP contribution in [-0.4, -0.2) is 19.7 Å². The van der Waals surface area contributed by atoms with Crippen LogP contribution in [0.1, 0.15) is 17.7 Å². The van der Waals surface area contributed by atoms with Gasteiger partial charge in [0.15, 0.2) is 10.6 Å². The Hall–Kier alpha value is -2.08. The van der Waals surface area contributed by atoms with Crippen molar-refractivity contribution >= 4 is 23.1 Å². The van der Waals surface area contributed by atoms with Crippen molar-refractivity contribution in [2.75, 3.05) is 0 Å². The normalized spacial score (nSPS) is 13.8. The lowest BCUT2D eigenvalue weighted by Gasteiger charge is -2.12. The van der Waals surface area contributed by atoms with Crippen molar-refractivity contribution in [3.05, 3.63) is 40.0 Å². The number of H-pyrrole nitrogens is 1. The summed E-state index contributed by atoms with van der Waals surface area (Å²) in [4.78, 5) is 4.53. The Bertz CT molecular complexity index is 925. The summed E-state index contributed by atoms with van der Waals surface area (Å²) in [5.41, 5.74) is 3.53. The lowest BCUT2D eigenvalue weighted by atomic mass is 10.0. The number of halogens is 1. The first-order valence-corrected chi connectivity index (χ1v) is 7.29. The third-order valence-electron chi connectivity index (χ3n) is 4.10. The van der Waals surface area contributed by atoms with E-state index in [-0.39, 0.29) is 5.82 Å². The van der Waals surface area contributed by atoms with Gasteiger partial charge in [0.2, 0.25) is 0 Å². The van der Waals surface area contributed by atoms with E-state index in [2.05, 4.69) is 15.2 Å². The summed E-state index contributed by atoms with van der Waals surface area (Å²) in [6.07, 6.45) is 2.88. The monoisotopic (exact) mass is 300 g/mol. The SMILES string of the molecule is Cn1c(-c2c3c(nc4c(F)cccc24)CCC3)n[nH]c1=S. The van der Waals surface area contributed by atoms with Gasteiger partial charge in [0.05, 0.1) is 0 Å². The van der Waals surface area contributed by atoms with Gasteiger partial charge < -0.3 is 4.57 Å². The molecule has 0 atom stereocenters. The number of fused-ring (bicyclic) bond motifs is 2. The van der Waals surface area contributed by atoms with Gasteiger partial charge in [-0.3, -0.25) is 5.10 Å². The molecule has 0 saturated carbocycles. The smallest absolute Gasteiger partial charge is 0.195 e. The molecule has 4 nitrogen and oxygen atoms in total. The first kappa shape index (κ1) is 12.6. The molecule has 0 spiro atoms. The third kappa shape index (κ3) is 1.75. The zero-order chi connectivity index (χ0) is 14.6. The molecule has 2 aromatic heterocycles. The Labute approximate surface area is 125 Å². The van der Waals surface area contributed by atoms with Gasteiger partial charge in [-0.15, -0.1) is 0 Å². The van der Waals surface area contributed by atoms with Gasteiger partial charge in [-0.05, 0) is 43.1 Å². The maximum atomic E-state index is 14.1. The number of hydrogen-bond donors (Lipinski definition) is 1. The van der Waals surface area contributed by atoms with Crippen molar-refractivity contribution in [3.8, 4) is 11.4 Å². The van der Waals surface area contributed by atoms with Crippen molar-refractivity contribution in [1.29, 1.82) is 0 Å². The minimum atomic E-state index is -0.291. The van der Waals surface area contributed by atoms with Crippen molar-refractivity contribution in [2.45, 2.75) is 19.3 Å². The fraction of sp³-hybridized carbons (Fsp3) is 0.267. The molecule has 0 amide bonds. The van der Waals surface area contributed by atoms with Gasteiger partial charge in [0.25, 0.3) is 0 Å². The highest BCUT2D eigenvalue weighted by Crippen LogP contribution is 2.36. The zero-order valence-corrected chi connectivity index (χ0v) is 12.3. The second-order valence-corrected chi connectivity index (χ2v) is 5.70. The van der Waals surface area contributed by atoms with Crippen LogP contribution in [0.2, 0.25) is 0 Å². The lowest BCUT2D eigenvalue weighted by Crippen LogP contribution is -2.01. The molecule has 3 aromatic rings. The van der Waals surface area contributed by atoms with Gasteiger partial charge in [0.1, 0.15) is 11.3 Å². The number of nitrogens with one attached hydrogen (secondary N) is 1. The van der Waals surface area contributed by atoms with Gasteiger partial charge >= 0.3 is 0 Å². The van der Waals surface area contributed by atoms with E-state index in [9.17, 15) is 4.39 Å². The highest BCUT2D eigenvalue weighted by Gasteiger charge is 2.24. The number of pyridine rings is 1. The summed E-state index contributed by atoms with van der Waals surface area (Å²) in [6, 6.07) is 5.06. The predicted molar refractivity (Wildman–Crippen MR) is 81.1 cm³/mol. The van der Waals surface area contributed by atoms with Crippen LogP contribution < -0.4 is 0 Å². The number of hydrogen-bond acceptors (Lipinski definition) is 3. The topological polar surface area (TPSA) is 46.5 Å². The molecule has 2 heterocycles. The summed E-state index contributed by atoms with van der Waals surface area (Å²) < 4.78 is 16.5. The summed E-state index contributed by atoms with van der Waals surface area (Å²) in [6.45, 7) is 0. The molecule has 4 rings (SSSR count). The molecular formula is C15H13FN4S. The maximum absolute atomic E-state index is 14.1. The molecule has 1 N–H and O–H groups in total. The minimum Gasteiger partial charge on any atom is -0.303 e. The predicted octanol–water partition coefficient (Wildman–Crippen LogP) is 3.32. The van der Waals surface area contributed by atoms with Crippen LogP contribution in [0.5, 0.6) is 0 Å². The van der Waals surface area contributed by atoms with Crippen LogP contribution in [0.4, 0.5) is 4.39 Å². The second kappa shape index (κ2) is 4.46. The van der Waals surface area contributed by atoms with E-state index in [1.165, 1.54) is 11.6 Å². The molecule has 6 heteroatoms. The second-order valence-electron chi connectivity index (χ2n) is 5.31. The van der Waals surface area contributed by atoms with Crippen LogP contribution in [0.15, 0.2) is 18.2 Å². The van der Waals surface area contributed by atoms with Crippen LogP contribution in [0.25, 0.3) is 22.3 Å². The summed E-state index contributed by atoms with van der Waals surface area (Å²) >= 11 is 5.21. The van der Waals surface area contributed by atoms with Crippen molar-refractivity contribution < 1.29 is 4.39 Å². The number of aromatic amines is 1. The maximum Gasteiger partial charge on any atom is 0.195 e. The van der Waals surface area contributed by atoms with E-state index < -0.39 is 0 Å².